The van der Waals surface area contributed by atoms with Gasteiger partial charge in [-0.05, 0) is 39.2 Å². The molecule has 0 aliphatic heterocycles. The Labute approximate surface area is 249 Å². The van der Waals surface area contributed by atoms with Crippen LogP contribution in [0.1, 0.15) is 55.0 Å². The maximum Gasteiger partial charge on any atom is 0.407 e. The van der Waals surface area contributed by atoms with Gasteiger partial charge in [0.25, 0.3) is 0 Å². The van der Waals surface area contributed by atoms with Crippen molar-refractivity contribution < 1.29 is 91.8 Å². The monoisotopic (exact) mass is 732 g/mol. The number of aryl methyl sites for hydroxylation is 3. The number of rotatable bonds is 8. The molecule has 2 aromatic rings. The Morgan fingerprint density at radius 3 is 2.33 bits per heavy atom. The van der Waals surface area contributed by atoms with Crippen LogP contribution in [-0.2, 0) is 94.7 Å². The number of hydrogen-bond donors (Lipinski definition) is 2. The zero-order chi connectivity index (χ0) is 22.3. The van der Waals surface area contributed by atoms with Crippen molar-refractivity contribution >= 4 is 12.4 Å². The molecule has 0 aliphatic rings. The molecule has 2 aromatic carbocycles. The van der Waals surface area contributed by atoms with Crippen LogP contribution in [0.4, 0.5) is 4.79 Å². The van der Waals surface area contributed by atoms with Gasteiger partial charge in [0.1, 0.15) is 5.60 Å². The van der Waals surface area contributed by atoms with Crippen LogP contribution in [0.25, 0.3) is 0 Å². The summed E-state index contributed by atoms with van der Waals surface area (Å²) in [6.07, 6.45) is 1.79. The van der Waals surface area contributed by atoms with Crippen LogP contribution in [0, 0.1) is 26.0 Å². The minimum absolute atomic E-state index is 0. The molecule has 2 atom stereocenters. The molecule has 0 heterocycles. The summed E-state index contributed by atoms with van der Waals surface area (Å²) in [7, 11) is 0. The van der Waals surface area contributed by atoms with Crippen molar-refractivity contribution in [1.82, 2.24) is 5.32 Å². The molecule has 0 aliphatic carbocycles. The molecule has 2 N–H and O–H groups in total. The summed E-state index contributed by atoms with van der Waals surface area (Å²) in [5, 5.41) is 13.7. The normalized spacial score (nSPS) is 12.2. The fourth-order valence-corrected chi connectivity index (χ4v) is 3.32. The van der Waals surface area contributed by atoms with Crippen LogP contribution in [0.15, 0.2) is 30.3 Å². The number of nitrogens with one attached hydrogen (secondary N) is 1. The van der Waals surface area contributed by atoms with E-state index in [1.54, 1.807) is 20.8 Å². The second-order valence-corrected chi connectivity index (χ2v) is 8.50. The predicted molar refractivity (Wildman–Crippen MR) is 116 cm³/mol. The molecule has 33 heavy (non-hydrogen) atoms. The summed E-state index contributed by atoms with van der Waals surface area (Å²) in [6, 6.07) is 15.3. The number of amides is 1. The Morgan fingerprint density at radius 1 is 1.18 bits per heavy atom. The number of aliphatic hydroxyl groups excluding tert-OH is 1. The van der Waals surface area contributed by atoms with Gasteiger partial charge in [-0.2, -0.15) is 0 Å². The summed E-state index contributed by atoms with van der Waals surface area (Å²) < 4.78 is 5.36. The molecule has 0 unspecified atom stereocenters. The van der Waals surface area contributed by atoms with Gasteiger partial charge in [0.15, 0.2) is 0 Å². The van der Waals surface area contributed by atoms with E-state index in [2.05, 4.69) is 17.4 Å². The minimum atomic E-state index is -0.838. The van der Waals surface area contributed by atoms with Crippen LogP contribution >= 0.6 is 0 Å². The first-order valence-electron chi connectivity index (χ1n) is 10.1. The topological polar surface area (TPSA) is 75.6 Å². The molecule has 5 nitrogen and oxygen atoms in total. The quantitative estimate of drug-likeness (QED) is 0.406. The second-order valence-electron chi connectivity index (χ2n) is 8.50. The third-order valence-corrected chi connectivity index (χ3v) is 4.65. The average molecular weight is 732 g/mol. The molecule has 2 rings (SSSR count). The molecular formula is C25H30NO4VWY-3. The number of aliphatic hydroxyl groups is 1. The van der Waals surface area contributed by atoms with E-state index in [9.17, 15) is 14.7 Å². The molecule has 1 amide bonds. The summed E-state index contributed by atoms with van der Waals surface area (Å²) in [5.74, 6) is 0. The van der Waals surface area contributed by atoms with Gasteiger partial charge in [-0.3, -0.25) is 0 Å². The Hall–Kier alpha value is -0.283. The van der Waals surface area contributed by atoms with Crippen molar-refractivity contribution in [2.75, 3.05) is 0 Å². The molecule has 0 fully saturated rings. The molecule has 0 bridgehead atoms. The van der Waals surface area contributed by atoms with E-state index in [-0.39, 0.29) is 72.3 Å². The molecular weight excluding hydrogens is 702 g/mol. The summed E-state index contributed by atoms with van der Waals surface area (Å²) >= 11 is 0. The van der Waals surface area contributed by atoms with E-state index in [1.807, 2.05) is 50.5 Å². The first-order valence-corrected chi connectivity index (χ1v) is 10.1. The Bertz CT molecular complexity index is 875. The third kappa shape index (κ3) is 12.3. The summed E-state index contributed by atoms with van der Waals surface area (Å²) in [5.41, 5.74) is 3.03. The molecule has 0 spiro atoms. The van der Waals surface area contributed by atoms with Gasteiger partial charge < -0.3 is 54.3 Å². The minimum Gasteiger partial charge on any atom is -0.444 e. The van der Waals surface area contributed by atoms with E-state index in [0.717, 1.165) is 16.7 Å². The van der Waals surface area contributed by atoms with Crippen molar-refractivity contribution in [2.45, 2.75) is 71.6 Å². The Balaban J connectivity index is 0. The van der Waals surface area contributed by atoms with E-state index in [1.165, 1.54) is 0 Å². The Morgan fingerprint density at radius 2 is 1.79 bits per heavy atom. The van der Waals surface area contributed by atoms with Crippen LogP contribution in [0.5, 0.6) is 0 Å². The smallest absolute Gasteiger partial charge is 0.407 e. The van der Waals surface area contributed by atoms with Gasteiger partial charge >= 0.3 is 6.09 Å². The van der Waals surface area contributed by atoms with Crippen molar-refractivity contribution in [2.24, 2.45) is 0 Å². The number of hydrogen-bond acceptors (Lipinski definition) is 4. The summed E-state index contributed by atoms with van der Waals surface area (Å²) in [6.45, 7) is 9.05. The number of carbonyl (C=O) groups excluding carboxylic acids is 2. The van der Waals surface area contributed by atoms with Gasteiger partial charge in [0.2, 0.25) is 0 Å². The zero-order valence-corrected chi connectivity index (χ0v) is 26.9. The number of ether oxygens (including phenoxy) is 1. The summed E-state index contributed by atoms with van der Waals surface area (Å²) in [4.78, 5) is 23.7. The van der Waals surface area contributed by atoms with E-state index < -0.39 is 23.8 Å². The van der Waals surface area contributed by atoms with Crippen molar-refractivity contribution in [3.63, 3.8) is 0 Å². The molecule has 176 valence electrons. The van der Waals surface area contributed by atoms with E-state index >= 15 is 0 Å². The van der Waals surface area contributed by atoms with Crippen LogP contribution in [0.3, 0.4) is 0 Å². The second kappa shape index (κ2) is 16.4. The molecule has 0 saturated heterocycles. The average Bonchev–Trinajstić information content (AvgIpc) is 2.64. The first kappa shape index (κ1) is 34.9. The van der Waals surface area contributed by atoms with Gasteiger partial charge in [-0.15, -0.1) is 13.3 Å². The van der Waals surface area contributed by atoms with Crippen molar-refractivity contribution in [3.05, 3.63) is 70.3 Å². The molecule has 0 aromatic heterocycles. The number of carbonyl (C=O) groups is 1. The van der Waals surface area contributed by atoms with Crippen LogP contribution in [-0.4, -0.2) is 35.2 Å². The number of alkyl carbamates (subject to hydrolysis) is 1. The van der Waals surface area contributed by atoms with Gasteiger partial charge in [-0.25, -0.2) is 4.79 Å². The first-order chi connectivity index (χ1) is 14.1. The van der Waals surface area contributed by atoms with E-state index in [4.69, 9.17) is 4.74 Å². The third-order valence-electron chi connectivity index (χ3n) is 4.65. The van der Waals surface area contributed by atoms with Gasteiger partial charge in [0.05, 0.1) is 12.1 Å². The maximum atomic E-state index is 12.3. The fraction of sp³-hybridized carbons (Fsp3) is 0.440. The standard InChI is InChI=1S/C25H30NO4.V.W.Y/c1-17-13-18(2)21(16-27)20(14-17)11-12-23(28)22(15-19-9-7-6-8-10-19)26-24(29)30-25(3,4)5;;;/h6-10,22-23,28H,11-12,15H2,1-5H3,(H,26,29);;;/q-3;;;/t22-,23+;;;/m0.../s1. The molecule has 2 radical (unpaired) electrons. The van der Waals surface area contributed by atoms with Gasteiger partial charge in [0, 0.05) is 72.3 Å². The van der Waals surface area contributed by atoms with Gasteiger partial charge in [-0.1, -0.05) is 43.5 Å². The fourth-order valence-electron chi connectivity index (χ4n) is 3.32. The number of benzene rings is 2. The zero-order valence-electron chi connectivity index (χ0n) is 19.8. The Kier molecular flexibility index (Phi) is 17.3. The molecule has 8 heteroatoms. The van der Waals surface area contributed by atoms with E-state index in [0.29, 0.717) is 30.4 Å². The maximum absolute atomic E-state index is 12.3. The van der Waals surface area contributed by atoms with Crippen LogP contribution < -0.4 is 5.32 Å². The van der Waals surface area contributed by atoms with Crippen molar-refractivity contribution in [3.8, 4) is 0 Å². The van der Waals surface area contributed by atoms with Crippen molar-refractivity contribution in [1.29, 1.82) is 0 Å². The largest absolute Gasteiger partial charge is 0.444 e. The predicted octanol–water partition coefficient (Wildman–Crippen LogP) is 3.78. The van der Waals surface area contributed by atoms with Crippen LogP contribution in [0.2, 0.25) is 0 Å². The molecule has 0 saturated carbocycles. The SMILES string of the molecule is Cc1[c-]c(C)c([C-]=O)c(CC[C@@H](O)[C@H](Cc2ccccc2)NC(=O)OC(C)(C)C)[c-]1.[V].[W].[Y].